The van der Waals surface area contributed by atoms with Crippen molar-refractivity contribution < 1.29 is 37.8 Å². The number of carbonyl (C=O) groups excluding carboxylic acids is 3. The van der Waals surface area contributed by atoms with Crippen LogP contribution in [0.15, 0.2) is 11.1 Å². The topological polar surface area (TPSA) is 110 Å². The van der Waals surface area contributed by atoms with Gasteiger partial charge in [0.2, 0.25) is 11.8 Å². The molecule has 0 aromatic heterocycles. The van der Waals surface area contributed by atoms with Crippen LogP contribution in [-0.4, -0.2) is 47.3 Å². The van der Waals surface area contributed by atoms with Crippen LogP contribution in [0.5, 0.6) is 0 Å². The number of hydrogen-bond acceptors (Lipinski definition) is 5. The van der Waals surface area contributed by atoms with Gasteiger partial charge in [-0.3, -0.25) is 19.2 Å². The highest BCUT2D eigenvalue weighted by atomic mass is 19.3. The molecular weight excluding hydrogens is 664 g/mol. The molecule has 2 N–H and O–H groups in total. The quantitative estimate of drug-likeness (QED) is 0.241. The predicted molar refractivity (Wildman–Crippen MR) is 195 cm³/mol. The van der Waals surface area contributed by atoms with Gasteiger partial charge in [-0.2, -0.15) is 0 Å². The number of esters is 1. The van der Waals surface area contributed by atoms with Gasteiger partial charge in [-0.25, -0.2) is 8.78 Å². The van der Waals surface area contributed by atoms with Crippen LogP contribution in [0.2, 0.25) is 0 Å². The monoisotopic (exact) mass is 729 g/mol. The molecule has 9 heteroatoms. The lowest BCUT2D eigenvalue weighted by atomic mass is 9.33. The normalized spacial score (nSPS) is 40.0. The standard InChI is InChI=1S/C43H65F2NO6/c1-25(2)33-28(47)22-42(35(49)46-24-26-12-18-43(44,45)19-13-26)21-20-40(8)27(34(33)42)10-11-30-39(7)16-15-31(52-32(48)23-37(3,4)36(50)51)38(5,6)29(39)14-17-41(30,40)9/h25-27,29-31H,10-24H2,1-9H3,(H,46,49)(H,50,51)/t27?,29?,30?,31-,39-,40+,41+,42+/m0/s1. The van der Waals surface area contributed by atoms with E-state index in [1.54, 1.807) is 13.8 Å². The molecule has 6 aliphatic carbocycles. The first-order valence-electron chi connectivity index (χ1n) is 20.3. The summed E-state index contributed by atoms with van der Waals surface area (Å²) in [5.41, 5.74) is -0.495. The van der Waals surface area contributed by atoms with Crippen LogP contribution >= 0.6 is 0 Å². The molecule has 6 aliphatic rings. The fraction of sp³-hybridized carbons (Fsp3) is 0.860. The molecule has 0 aromatic rings. The third-order valence-electron chi connectivity index (χ3n) is 16.6. The van der Waals surface area contributed by atoms with Crippen molar-refractivity contribution in [2.45, 2.75) is 164 Å². The van der Waals surface area contributed by atoms with Crippen molar-refractivity contribution in [2.24, 2.45) is 62.1 Å². The lowest BCUT2D eigenvalue weighted by Gasteiger charge is -2.72. The van der Waals surface area contributed by atoms with E-state index in [0.29, 0.717) is 37.6 Å². The van der Waals surface area contributed by atoms with E-state index in [4.69, 9.17) is 4.74 Å². The maximum absolute atomic E-state index is 14.4. The molecule has 0 heterocycles. The fourth-order valence-electron chi connectivity index (χ4n) is 13.4. The number of amides is 1. The minimum atomic E-state index is -2.61. The molecule has 0 radical (unpaired) electrons. The molecule has 0 saturated heterocycles. The van der Waals surface area contributed by atoms with Crippen molar-refractivity contribution in [2.75, 3.05) is 6.54 Å². The van der Waals surface area contributed by atoms with Crippen LogP contribution in [0, 0.1) is 62.1 Å². The number of ether oxygens (including phenoxy) is 1. The Labute approximate surface area is 310 Å². The summed E-state index contributed by atoms with van der Waals surface area (Å²) in [6, 6.07) is 0. The molecule has 7 nitrogen and oxygen atoms in total. The highest BCUT2D eigenvalue weighted by Gasteiger charge is 2.71. The summed E-state index contributed by atoms with van der Waals surface area (Å²) in [5.74, 6) is -3.12. The van der Waals surface area contributed by atoms with Gasteiger partial charge in [0.05, 0.1) is 17.3 Å². The van der Waals surface area contributed by atoms with E-state index in [1.165, 1.54) is 0 Å². The maximum atomic E-state index is 14.4. The highest BCUT2D eigenvalue weighted by Crippen LogP contribution is 2.76. The molecule has 5 saturated carbocycles. The number of ketones is 1. The van der Waals surface area contributed by atoms with Gasteiger partial charge in [0, 0.05) is 31.2 Å². The van der Waals surface area contributed by atoms with Gasteiger partial charge < -0.3 is 15.2 Å². The van der Waals surface area contributed by atoms with Crippen LogP contribution in [-0.2, 0) is 23.9 Å². The number of carboxylic acid groups (broad SMARTS) is 1. The molecule has 292 valence electrons. The Morgan fingerprint density at radius 1 is 0.865 bits per heavy atom. The van der Waals surface area contributed by atoms with Crippen molar-refractivity contribution in [1.82, 2.24) is 5.32 Å². The van der Waals surface area contributed by atoms with E-state index in [0.717, 1.165) is 56.1 Å². The second-order valence-corrected chi connectivity index (χ2v) is 20.5. The molecule has 1 amide bonds. The summed E-state index contributed by atoms with van der Waals surface area (Å²) in [5, 5.41) is 12.8. The van der Waals surface area contributed by atoms with Gasteiger partial charge >= 0.3 is 11.9 Å². The SMILES string of the molecule is CC(C)C1=C2C3CCC4[C@@]5(C)CC[C@H](OC(=O)CC(C)(C)C(=O)O)C(C)(C)C5CC[C@@]4(C)[C@]3(C)CC[C@@]2(C(=O)NCC2CCC(F)(F)CC2)CC1=O. The number of aliphatic carboxylic acids is 1. The van der Waals surface area contributed by atoms with E-state index in [1.807, 2.05) is 0 Å². The Bertz CT molecular complexity index is 1520. The average molecular weight is 730 g/mol. The molecular formula is C43H65F2NO6. The van der Waals surface area contributed by atoms with Crippen LogP contribution in [0.1, 0.15) is 152 Å². The van der Waals surface area contributed by atoms with Crippen molar-refractivity contribution in [1.29, 1.82) is 0 Å². The molecule has 6 rings (SSSR count). The molecule has 0 aromatic carbocycles. The number of carbonyl (C=O) groups is 4. The van der Waals surface area contributed by atoms with Gasteiger partial charge in [-0.1, -0.05) is 48.5 Å². The summed E-state index contributed by atoms with van der Waals surface area (Å²) in [4.78, 5) is 53.2. The molecule has 52 heavy (non-hydrogen) atoms. The third kappa shape index (κ3) is 5.99. The largest absolute Gasteiger partial charge is 0.481 e. The van der Waals surface area contributed by atoms with Gasteiger partial charge in [-0.15, -0.1) is 0 Å². The highest BCUT2D eigenvalue weighted by molar-refractivity contribution is 6.07. The predicted octanol–water partition coefficient (Wildman–Crippen LogP) is 9.32. The van der Waals surface area contributed by atoms with Gasteiger partial charge in [0.1, 0.15) is 6.10 Å². The minimum absolute atomic E-state index is 0.0111. The van der Waals surface area contributed by atoms with Crippen LogP contribution < -0.4 is 5.32 Å². The van der Waals surface area contributed by atoms with Crippen molar-refractivity contribution in [3.05, 3.63) is 11.1 Å². The van der Waals surface area contributed by atoms with Crippen LogP contribution in [0.3, 0.4) is 0 Å². The second-order valence-electron chi connectivity index (χ2n) is 20.5. The number of Topliss-reactive ketones (excluding diaryl/α,β-unsaturated/α-hetero) is 1. The van der Waals surface area contributed by atoms with Crippen molar-refractivity contribution in [3.8, 4) is 0 Å². The number of halogens is 2. The van der Waals surface area contributed by atoms with Gasteiger partial charge in [0.15, 0.2) is 5.78 Å². The van der Waals surface area contributed by atoms with Gasteiger partial charge in [-0.05, 0) is 135 Å². The van der Waals surface area contributed by atoms with E-state index < -0.39 is 28.7 Å². The smallest absolute Gasteiger partial charge is 0.309 e. The van der Waals surface area contributed by atoms with Crippen molar-refractivity contribution in [3.63, 3.8) is 0 Å². The zero-order valence-corrected chi connectivity index (χ0v) is 33.3. The molecule has 0 aliphatic heterocycles. The Kier molecular flexibility index (Phi) is 9.76. The molecule has 0 spiro atoms. The number of rotatable bonds is 8. The molecule has 0 bridgehead atoms. The zero-order valence-electron chi connectivity index (χ0n) is 33.3. The summed E-state index contributed by atoms with van der Waals surface area (Å²) >= 11 is 0. The zero-order chi connectivity index (χ0) is 38.4. The van der Waals surface area contributed by atoms with Crippen LogP contribution in [0.4, 0.5) is 8.78 Å². The van der Waals surface area contributed by atoms with E-state index in [-0.39, 0.29) is 82.9 Å². The second kappa shape index (κ2) is 12.9. The fourth-order valence-corrected chi connectivity index (χ4v) is 13.4. The Morgan fingerprint density at radius 3 is 2.13 bits per heavy atom. The first kappa shape index (κ1) is 39.4. The summed E-state index contributed by atoms with van der Waals surface area (Å²) in [6.07, 6.45) is 7.44. The van der Waals surface area contributed by atoms with Crippen LogP contribution in [0.25, 0.3) is 0 Å². The molecule has 8 atom stereocenters. The summed E-state index contributed by atoms with van der Waals surface area (Å²) in [6.45, 7) is 19.6. The first-order chi connectivity index (χ1) is 24.0. The maximum Gasteiger partial charge on any atom is 0.309 e. The van der Waals surface area contributed by atoms with E-state index in [9.17, 15) is 33.1 Å². The lowest BCUT2D eigenvalue weighted by Crippen LogP contribution is -2.66. The summed E-state index contributed by atoms with van der Waals surface area (Å²) < 4.78 is 33.9. The number of allylic oxidation sites excluding steroid dienone is 1. The summed E-state index contributed by atoms with van der Waals surface area (Å²) in [7, 11) is 0. The Hall–Kier alpha value is -2.32. The number of carboxylic acids is 1. The van der Waals surface area contributed by atoms with Crippen molar-refractivity contribution >= 4 is 23.6 Å². The average Bonchev–Trinajstić information content (AvgIpc) is 3.35. The number of hydrogen-bond donors (Lipinski definition) is 2. The molecule has 3 unspecified atom stereocenters. The molecule has 5 fully saturated rings. The van der Waals surface area contributed by atoms with Gasteiger partial charge in [0.25, 0.3) is 0 Å². The first-order valence-corrected chi connectivity index (χ1v) is 20.3. The number of alkyl halides is 2. The van der Waals surface area contributed by atoms with E-state index >= 15 is 0 Å². The Morgan fingerprint density at radius 2 is 1.52 bits per heavy atom. The minimum Gasteiger partial charge on any atom is -0.481 e. The Balaban J connectivity index is 1.26. The number of fused-ring (bicyclic) bond motifs is 7. The van der Waals surface area contributed by atoms with E-state index in [2.05, 4.69) is 53.8 Å². The third-order valence-corrected chi connectivity index (χ3v) is 16.6. The number of nitrogens with one attached hydrogen (secondary N) is 1. The lowest BCUT2D eigenvalue weighted by molar-refractivity contribution is -0.233.